The number of nitrogens with zero attached hydrogens (tertiary/aromatic N) is 2. The molecule has 2 atom stereocenters. The number of hydrogen-bond acceptors (Lipinski definition) is 4. The van der Waals surface area contributed by atoms with Crippen LogP contribution in [0.4, 0.5) is 0 Å². The molecule has 2 unspecified atom stereocenters. The third-order valence-electron chi connectivity index (χ3n) is 3.24. The third kappa shape index (κ3) is 2.56. The van der Waals surface area contributed by atoms with Crippen molar-refractivity contribution in [3.63, 3.8) is 0 Å². The highest BCUT2D eigenvalue weighted by Gasteiger charge is 2.36. The first-order valence-corrected chi connectivity index (χ1v) is 6.48. The standard InChI is InChI=1S/C13H21N3O2/c1-8(2)15-11-5-6-16(13(11)17)10(4)12-14-7-9(3)18-12/h7-8,10-11,15H,5-6H2,1-4H3. The first-order chi connectivity index (χ1) is 8.49. The number of rotatable bonds is 4. The van der Waals surface area contributed by atoms with Crippen LogP contribution in [-0.2, 0) is 4.79 Å². The fourth-order valence-electron chi connectivity index (χ4n) is 2.34. The predicted molar refractivity (Wildman–Crippen MR) is 68.0 cm³/mol. The summed E-state index contributed by atoms with van der Waals surface area (Å²) in [4.78, 5) is 18.3. The lowest BCUT2D eigenvalue weighted by atomic mass is 10.2. The molecule has 1 aliphatic heterocycles. The SMILES string of the molecule is Cc1cnc(C(C)N2CCC(NC(C)C)C2=O)o1. The maximum absolute atomic E-state index is 12.3. The van der Waals surface area contributed by atoms with Gasteiger partial charge in [-0.25, -0.2) is 4.98 Å². The highest BCUT2D eigenvalue weighted by Crippen LogP contribution is 2.25. The Morgan fingerprint density at radius 2 is 2.22 bits per heavy atom. The summed E-state index contributed by atoms with van der Waals surface area (Å²) >= 11 is 0. The first kappa shape index (κ1) is 13.1. The molecule has 1 fully saturated rings. The molecular weight excluding hydrogens is 230 g/mol. The fourth-order valence-corrected chi connectivity index (χ4v) is 2.34. The van der Waals surface area contributed by atoms with Gasteiger partial charge < -0.3 is 14.6 Å². The number of oxazole rings is 1. The van der Waals surface area contributed by atoms with Crippen molar-refractivity contribution in [3.8, 4) is 0 Å². The molecule has 2 rings (SSSR count). The average molecular weight is 251 g/mol. The maximum atomic E-state index is 12.3. The number of aryl methyl sites for hydroxylation is 1. The van der Waals surface area contributed by atoms with Crippen molar-refractivity contribution in [2.75, 3.05) is 6.54 Å². The van der Waals surface area contributed by atoms with Gasteiger partial charge in [0.05, 0.1) is 12.2 Å². The Morgan fingerprint density at radius 1 is 1.50 bits per heavy atom. The number of hydrogen-bond donors (Lipinski definition) is 1. The summed E-state index contributed by atoms with van der Waals surface area (Å²) in [6.45, 7) is 8.68. The van der Waals surface area contributed by atoms with E-state index in [1.165, 1.54) is 0 Å². The average Bonchev–Trinajstić information content (AvgIpc) is 2.86. The van der Waals surface area contributed by atoms with Gasteiger partial charge in [-0.05, 0) is 20.3 Å². The van der Waals surface area contributed by atoms with Gasteiger partial charge in [0.2, 0.25) is 11.8 Å². The van der Waals surface area contributed by atoms with E-state index in [0.29, 0.717) is 11.9 Å². The van der Waals surface area contributed by atoms with E-state index in [4.69, 9.17) is 4.42 Å². The zero-order chi connectivity index (χ0) is 13.3. The van der Waals surface area contributed by atoms with E-state index in [-0.39, 0.29) is 18.0 Å². The normalized spacial score (nSPS) is 21.9. The molecule has 1 amide bonds. The van der Waals surface area contributed by atoms with Crippen molar-refractivity contribution in [2.45, 2.75) is 52.2 Å². The molecule has 1 saturated heterocycles. The van der Waals surface area contributed by atoms with Gasteiger partial charge in [-0.1, -0.05) is 13.8 Å². The van der Waals surface area contributed by atoms with Crippen LogP contribution in [0, 0.1) is 6.92 Å². The van der Waals surface area contributed by atoms with E-state index in [0.717, 1.165) is 18.7 Å². The zero-order valence-corrected chi connectivity index (χ0v) is 11.4. The molecule has 18 heavy (non-hydrogen) atoms. The molecule has 1 aliphatic rings. The maximum Gasteiger partial charge on any atom is 0.240 e. The lowest BCUT2D eigenvalue weighted by Crippen LogP contribution is -2.42. The zero-order valence-electron chi connectivity index (χ0n) is 11.4. The van der Waals surface area contributed by atoms with E-state index < -0.39 is 0 Å². The summed E-state index contributed by atoms with van der Waals surface area (Å²) < 4.78 is 5.50. The van der Waals surface area contributed by atoms with Crippen LogP contribution >= 0.6 is 0 Å². The van der Waals surface area contributed by atoms with E-state index in [1.54, 1.807) is 6.20 Å². The van der Waals surface area contributed by atoms with Gasteiger partial charge in [-0.3, -0.25) is 4.79 Å². The number of aromatic nitrogens is 1. The Hall–Kier alpha value is -1.36. The summed E-state index contributed by atoms with van der Waals surface area (Å²) in [6.07, 6.45) is 2.54. The van der Waals surface area contributed by atoms with Crippen LogP contribution in [0.5, 0.6) is 0 Å². The smallest absolute Gasteiger partial charge is 0.240 e. The Balaban J connectivity index is 2.04. The van der Waals surface area contributed by atoms with Crippen molar-refractivity contribution in [1.82, 2.24) is 15.2 Å². The molecule has 0 bridgehead atoms. The van der Waals surface area contributed by atoms with Crippen LogP contribution in [0.2, 0.25) is 0 Å². The second-order valence-electron chi connectivity index (χ2n) is 5.18. The molecule has 5 heteroatoms. The highest BCUT2D eigenvalue weighted by molar-refractivity contribution is 5.84. The molecule has 0 saturated carbocycles. The van der Waals surface area contributed by atoms with Gasteiger partial charge in [0, 0.05) is 12.6 Å². The van der Waals surface area contributed by atoms with Crippen LogP contribution < -0.4 is 5.32 Å². The van der Waals surface area contributed by atoms with Crippen LogP contribution in [0.15, 0.2) is 10.6 Å². The van der Waals surface area contributed by atoms with E-state index >= 15 is 0 Å². The molecule has 1 aromatic heterocycles. The molecule has 0 aliphatic carbocycles. The molecule has 2 heterocycles. The Bertz CT molecular complexity index is 428. The summed E-state index contributed by atoms with van der Waals surface area (Å²) in [5.74, 6) is 1.54. The van der Waals surface area contributed by atoms with E-state index in [2.05, 4.69) is 24.1 Å². The molecule has 0 radical (unpaired) electrons. The van der Waals surface area contributed by atoms with E-state index in [9.17, 15) is 4.79 Å². The number of amides is 1. The summed E-state index contributed by atoms with van der Waals surface area (Å²) in [5.41, 5.74) is 0. The summed E-state index contributed by atoms with van der Waals surface area (Å²) in [6, 6.07) is 0.159. The fraction of sp³-hybridized carbons (Fsp3) is 0.692. The Kier molecular flexibility index (Phi) is 3.71. The minimum atomic E-state index is -0.0924. The first-order valence-electron chi connectivity index (χ1n) is 6.48. The quantitative estimate of drug-likeness (QED) is 0.884. The van der Waals surface area contributed by atoms with Gasteiger partial charge in [-0.2, -0.15) is 0 Å². The van der Waals surface area contributed by atoms with Crippen LogP contribution in [0.1, 0.15) is 44.9 Å². The Morgan fingerprint density at radius 3 is 2.78 bits per heavy atom. The van der Waals surface area contributed by atoms with Crippen LogP contribution in [-0.4, -0.2) is 34.4 Å². The summed E-state index contributed by atoms with van der Waals surface area (Å²) in [5, 5.41) is 3.29. The van der Waals surface area contributed by atoms with Gasteiger partial charge in [0.1, 0.15) is 11.8 Å². The van der Waals surface area contributed by atoms with Crippen molar-refractivity contribution < 1.29 is 9.21 Å². The van der Waals surface area contributed by atoms with Crippen molar-refractivity contribution in [1.29, 1.82) is 0 Å². The van der Waals surface area contributed by atoms with Gasteiger partial charge in [0.25, 0.3) is 0 Å². The minimum Gasteiger partial charge on any atom is -0.444 e. The van der Waals surface area contributed by atoms with Crippen LogP contribution in [0.3, 0.4) is 0 Å². The van der Waals surface area contributed by atoms with Crippen LogP contribution in [0.25, 0.3) is 0 Å². The van der Waals surface area contributed by atoms with Gasteiger partial charge >= 0.3 is 0 Å². The molecule has 0 spiro atoms. The molecule has 100 valence electrons. The molecular formula is C13H21N3O2. The van der Waals surface area contributed by atoms with Crippen molar-refractivity contribution in [3.05, 3.63) is 17.8 Å². The number of nitrogens with one attached hydrogen (secondary N) is 1. The summed E-state index contributed by atoms with van der Waals surface area (Å²) in [7, 11) is 0. The molecule has 1 aromatic rings. The topological polar surface area (TPSA) is 58.4 Å². The monoisotopic (exact) mass is 251 g/mol. The molecule has 5 nitrogen and oxygen atoms in total. The largest absolute Gasteiger partial charge is 0.444 e. The number of carbonyl (C=O) groups is 1. The lowest BCUT2D eigenvalue weighted by molar-refractivity contribution is -0.131. The molecule has 0 aromatic carbocycles. The van der Waals surface area contributed by atoms with E-state index in [1.807, 2.05) is 18.7 Å². The third-order valence-corrected chi connectivity index (χ3v) is 3.24. The second-order valence-corrected chi connectivity index (χ2v) is 5.18. The van der Waals surface area contributed by atoms with Gasteiger partial charge in [0.15, 0.2) is 0 Å². The molecule has 1 N–H and O–H groups in total. The number of carbonyl (C=O) groups excluding carboxylic acids is 1. The second kappa shape index (κ2) is 5.10. The lowest BCUT2D eigenvalue weighted by Gasteiger charge is -2.22. The van der Waals surface area contributed by atoms with Crippen molar-refractivity contribution >= 4 is 5.91 Å². The van der Waals surface area contributed by atoms with Gasteiger partial charge in [-0.15, -0.1) is 0 Å². The minimum absolute atomic E-state index is 0.0662. The Labute approximate surface area is 108 Å². The highest BCUT2D eigenvalue weighted by atomic mass is 16.4. The predicted octanol–water partition coefficient (Wildman–Crippen LogP) is 1.64. The number of likely N-dealkylation sites (tertiary alicyclic amines) is 1. The van der Waals surface area contributed by atoms with Crippen molar-refractivity contribution in [2.24, 2.45) is 0 Å².